The molecule has 9 heavy (non-hydrogen) atoms. The normalized spacial score (nSPS) is 11.6. The van der Waals surface area contributed by atoms with Crippen LogP contribution in [0.1, 0.15) is 12.8 Å². The van der Waals surface area contributed by atoms with Crippen molar-refractivity contribution < 1.29 is 9.18 Å². The number of hydrogen-bond donors (Lipinski definition) is 1. The molecule has 0 aliphatic carbocycles. The molecule has 0 heterocycles. The van der Waals surface area contributed by atoms with E-state index in [0.717, 1.165) is 6.42 Å². The number of carbonyl (C=O) groups excluding carboxylic acids is 1. The van der Waals surface area contributed by atoms with Gasteiger partial charge in [-0.15, -0.1) is 0 Å². The van der Waals surface area contributed by atoms with Crippen LogP contribution in [0.15, 0.2) is 11.9 Å². The van der Waals surface area contributed by atoms with Crippen LogP contribution in [0.3, 0.4) is 0 Å². The maximum Gasteiger partial charge on any atom is 0.178 e. The lowest BCUT2D eigenvalue weighted by atomic mass is 10.3. The van der Waals surface area contributed by atoms with Crippen molar-refractivity contribution in [3.63, 3.8) is 0 Å². The topological polar surface area (TPSA) is 43.1 Å². The molecular formula is C6H10FNO. The minimum atomic E-state index is -0.705. The molecule has 0 saturated carbocycles. The van der Waals surface area contributed by atoms with Gasteiger partial charge >= 0.3 is 0 Å². The molecular weight excluding hydrogens is 121 g/mol. The van der Waals surface area contributed by atoms with Gasteiger partial charge in [0.25, 0.3) is 0 Å². The van der Waals surface area contributed by atoms with Gasteiger partial charge in [0.2, 0.25) is 0 Å². The van der Waals surface area contributed by atoms with Gasteiger partial charge in [-0.05, 0) is 25.5 Å². The van der Waals surface area contributed by atoms with Gasteiger partial charge in [-0.1, -0.05) is 0 Å². The molecule has 0 radical (unpaired) electrons. The first-order valence-electron chi connectivity index (χ1n) is 2.82. The van der Waals surface area contributed by atoms with Crippen molar-refractivity contribution in [2.45, 2.75) is 12.8 Å². The van der Waals surface area contributed by atoms with Crippen molar-refractivity contribution >= 4 is 6.29 Å². The Bertz CT molecular complexity index is 112. The molecule has 0 aliphatic rings. The van der Waals surface area contributed by atoms with E-state index in [0.29, 0.717) is 13.0 Å². The van der Waals surface area contributed by atoms with Crippen molar-refractivity contribution in [3.05, 3.63) is 11.9 Å². The van der Waals surface area contributed by atoms with Crippen LogP contribution in [0.2, 0.25) is 0 Å². The van der Waals surface area contributed by atoms with Gasteiger partial charge in [-0.25, -0.2) is 4.39 Å². The summed E-state index contributed by atoms with van der Waals surface area (Å²) in [6, 6.07) is 0. The fourth-order valence-electron chi connectivity index (χ4n) is 0.406. The zero-order valence-electron chi connectivity index (χ0n) is 5.14. The lowest BCUT2D eigenvalue weighted by Gasteiger charge is -1.86. The molecule has 0 aromatic heterocycles. The highest BCUT2D eigenvalue weighted by Crippen LogP contribution is 1.95. The van der Waals surface area contributed by atoms with Gasteiger partial charge < -0.3 is 5.73 Å². The second-order valence-corrected chi connectivity index (χ2v) is 1.64. The average Bonchev–Trinajstić information content (AvgIpc) is 1.89. The Morgan fingerprint density at radius 2 is 2.33 bits per heavy atom. The van der Waals surface area contributed by atoms with Crippen molar-refractivity contribution in [3.8, 4) is 0 Å². The van der Waals surface area contributed by atoms with Crippen LogP contribution in [0.5, 0.6) is 0 Å². The lowest BCUT2D eigenvalue weighted by Crippen LogP contribution is -1.96. The molecule has 2 N–H and O–H groups in total. The van der Waals surface area contributed by atoms with Crippen LogP contribution in [0.25, 0.3) is 0 Å². The number of hydrogen-bond acceptors (Lipinski definition) is 2. The Labute approximate surface area is 53.5 Å². The molecule has 0 aromatic carbocycles. The number of allylic oxidation sites excluding steroid dienone is 2. The van der Waals surface area contributed by atoms with E-state index in [4.69, 9.17) is 5.73 Å². The molecule has 0 rings (SSSR count). The van der Waals surface area contributed by atoms with Crippen LogP contribution >= 0.6 is 0 Å². The van der Waals surface area contributed by atoms with Crippen molar-refractivity contribution in [1.82, 2.24) is 0 Å². The molecule has 0 aliphatic heterocycles. The van der Waals surface area contributed by atoms with Crippen LogP contribution in [0, 0.1) is 0 Å². The standard InChI is InChI=1S/C6H10FNO/c7-6(5-9)3-1-2-4-8/h3,5H,1-2,4,8H2/b6-3+. The molecule has 52 valence electrons. The summed E-state index contributed by atoms with van der Waals surface area (Å²) in [5.41, 5.74) is 5.12. The smallest absolute Gasteiger partial charge is 0.178 e. The van der Waals surface area contributed by atoms with Crippen LogP contribution in [-0.2, 0) is 4.79 Å². The third kappa shape index (κ3) is 5.17. The van der Waals surface area contributed by atoms with Gasteiger partial charge in [0.15, 0.2) is 12.1 Å². The molecule has 0 unspecified atom stereocenters. The first-order chi connectivity index (χ1) is 4.31. The molecule has 3 heteroatoms. The maximum absolute atomic E-state index is 11.9. The zero-order valence-corrected chi connectivity index (χ0v) is 5.14. The van der Waals surface area contributed by atoms with Gasteiger partial charge in [-0.2, -0.15) is 0 Å². The second-order valence-electron chi connectivity index (χ2n) is 1.64. The third-order valence-corrected chi connectivity index (χ3v) is 0.860. The van der Waals surface area contributed by atoms with Crippen LogP contribution in [0.4, 0.5) is 4.39 Å². The SMILES string of the molecule is NCCC/C=C(/F)C=O. The fourth-order valence-corrected chi connectivity index (χ4v) is 0.406. The summed E-state index contributed by atoms with van der Waals surface area (Å²) < 4.78 is 11.9. The van der Waals surface area contributed by atoms with Crippen molar-refractivity contribution in [2.24, 2.45) is 5.73 Å². The highest BCUT2D eigenvalue weighted by Gasteiger charge is 1.86. The number of rotatable bonds is 4. The summed E-state index contributed by atoms with van der Waals surface area (Å²) >= 11 is 0. The minimum Gasteiger partial charge on any atom is -0.330 e. The summed E-state index contributed by atoms with van der Waals surface area (Å²) in [4.78, 5) is 9.62. The average molecular weight is 131 g/mol. The predicted octanol–water partition coefficient (Wildman–Crippen LogP) is 0.778. The summed E-state index contributed by atoms with van der Waals surface area (Å²) in [6.07, 6.45) is 2.69. The van der Waals surface area contributed by atoms with E-state index in [1.807, 2.05) is 0 Å². The van der Waals surface area contributed by atoms with E-state index in [2.05, 4.69) is 0 Å². The largest absolute Gasteiger partial charge is 0.330 e. The molecule has 0 amide bonds. The minimum absolute atomic E-state index is 0.191. The first-order valence-corrected chi connectivity index (χ1v) is 2.82. The number of halogens is 1. The summed E-state index contributed by atoms with van der Waals surface area (Å²) in [7, 11) is 0. The van der Waals surface area contributed by atoms with Gasteiger partial charge in [0.05, 0.1) is 0 Å². The monoisotopic (exact) mass is 131 g/mol. The highest BCUT2D eigenvalue weighted by atomic mass is 19.1. The molecule has 0 atom stereocenters. The third-order valence-electron chi connectivity index (χ3n) is 0.860. The second kappa shape index (κ2) is 5.44. The van der Waals surface area contributed by atoms with E-state index < -0.39 is 5.83 Å². The van der Waals surface area contributed by atoms with Crippen LogP contribution in [-0.4, -0.2) is 12.8 Å². The van der Waals surface area contributed by atoms with Crippen molar-refractivity contribution in [1.29, 1.82) is 0 Å². The summed E-state index contributed by atoms with van der Waals surface area (Å²) in [6.45, 7) is 0.530. The van der Waals surface area contributed by atoms with E-state index in [9.17, 15) is 9.18 Å². The quantitative estimate of drug-likeness (QED) is 0.348. The van der Waals surface area contributed by atoms with E-state index >= 15 is 0 Å². The number of nitrogens with two attached hydrogens (primary N) is 1. The zero-order chi connectivity index (χ0) is 7.11. The Hall–Kier alpha value is -0.700. The Morgan fingerprint density at radius 1 is 1.67 bits per heavy atom. The van der Waals surface area contributed by atoms with E-state index in [1.165, 1.54) is 6.08 Å². The molecule has 0 aromatic rings. The van der Waals surface area contributed by atoms with E-state index in [-0.39, 0.29) is 6.29 Å². The fraction of sp³-hybridized carbons (Fsp3) is 0.500. The van der Waals surface area contributed by atoms with Crippen molar-refractivity contribution in [2.75, 3.05) is 6.54 Å². The van der Waals surface area contributed by atoms with E-state index in [1.54, 1.807) is 0 Å². The molecule has 0 bridgehead atoms. The number of unbranched alkanes of at least 4 members (excludes halogenated alkanes) is 1. The molecule has 0 fully saturated rings. The van der Waals surface area contributed by atoms with Gasteiger partial charge in [0, 0.05) is 0 Å². The highest BCUT2D eigenvalue weighted by molar-refractivity contribution is 5.69. The molecule has 2 nitrogen and oxygen atoms in total. The summed E-state index contributed by atoms with van der Waals surface area (Å²) in [5.74, 6) is -0.705. The Morgan fingerprint density at radius 3 is 2.78 bits per heavy atom. The number of aldehydes is 1. The summed E-state index contributed by atoms with van der Waals surface area (Å²) in [5, 5.41) is 0. The Kier molecular flexibility index (Phi) is 5.01. The number of carbonyl (C=O) groups is 1. The molecule has 0 saturated heterocycles. The van der Waals surface area contributed by atoms with Gasteiger partial charge in [-0.3, -0.25) is 4.79 Å². The van der Waals surface area contributed by atoms with Gasteiger partial charge in [0.1, 0.15) is 0 Å². The Balaban J connectivity index is 3.31. The predicted molar refractivity (Wildman–Crippen MR) is 33.5 cm³/mol. The first kappa shape index (κ1) is 8.30. The lowest BCUT2D eigenvalue weighted by molar-refractivity contribution is -0.106. The molecule has 0 spiro atoms. The van der Waals surface area contributed by atoms with Crippen LogP contribution < -0.4 is 5.73 Å². The maximum atomic E-state index is 11.9.